The third-order valence-electron chi connectivity index (χ3n) is 1.44. The lowest BCUT2D eigenvalue weighted by Crippen LogP contribution is -1.98. The molecule has 0 aromatic carbocycles. The first kappa shape index (κ1) is 7.72. The number of hydrogen-bond acceptors (Lipinski definition) is 2. The first-order valence-electron chi connectivity index (χ1n) is 3.38. The SMILES string of the molecule is Cc1ccc(NC=O)c(C)n1. The van der Waals surface area contributed by atoms with Crippen LogP contribution in [-0.2, 0) is 4.79 Å². The standard InChI is InChI=1S/C8H10N2O/c1-6-3-4-8(9-5-11)7(2)10-6/h3-5H,1-2H3,(H,9,11). The van der Waals surface area contributed by atoms with Gasteiger partial charge in [0, 0.05) is 5.69 Å². The number of carbonyl (C=O) groups excluding carboxylic acids is 1. The van der Waals surface area contributed by atoms with E-state index >= 15 is 0 Å². The number of rotatable bonds is 2. The summed E-state index contributed by atoms with van der Waals surface area (Å²) in [5.74, 6) is 0. The van der Waals surface area contributed by atoms with Crippen LogP contribution in [0.25, 0.3) is 0 Å². The van der Waals surface area contributed by atoms with Crippen molar-refractivity contribution in [3.05, 3.63) is 23.5 Å². The smallest absolute Gasteiger partial charge is 0.211 e. The fourth-order valence-electron chi connectivity index (χ4n) is 0.903. The molecule has 58 valence electrons. The Morgan fingerprint density at radius 1 is 1.45 bits per heavy atom. The molecule has 1 amide bonds. The molecule has 0 fully saturated rings. The van der Waals surface area contributed by atoms with Gasteiger partial charge < -0.3 is 5.32 Å². The molecule has 0 aliphatic carbocycles. The van der Waals surface area contributed by atoms with Crippen molar-refractivity contribution in [2.24, 2.45) is 0 Å². The molecule has 0 unspecified atom stereocenters. The Balaban J connectivity index is 2.98. The van der Waals surface area contributed by atoms with Crippen LogP contribution in [0.3, 0.4) is 0 Å². The van der Waals surface area contributed by atoms with Crippen LogP contribution in [0.15, 0.2) is 12.1 Å². The maximum atomic E-state index is 10.1. The molecule has 0 atom stereocenters. The lowest BCUT2D eigenvalue weighted by atomic mass is 10.3. The van der Waals surface area contributed by atoms with E-state index in [0.29, 0.717) is 6.41 Å². The highest BCUT2D eigenvalue weighted by Crippen LogP contribution is 2.10. The molecule has 0 aliphatic rings. The van der Waals surface area contributed by atoms with Crippen LogP contribution in [0.5, 0.6) is 0 Å². The second kappa shape index (κ2) is 3.14. The van der Waals surface area contributed by atoms with Crippen molar-refractivity contribution in [1.29, 1.82) is 0 Å². The molecule has 3 heteroatoms. The maximum Gasteiger partial charge on any atom is 0.211 e. The van der Waals surface area contributed by atoms with Gasteiger partial charge in [0.25, 0.3) is 0 Å². The number of pyridine rings is 1. The molecule has 0 bridgehead atoms. The van der Waals surface area contributed by atoms with Gasteiger partial charge in [-0.15, -0.1) is 0 Å². The predicted octanol–water partition coefficient (Wildman–Crippen LogP) is 1.27. The van der Waals surface area contributed by atoms with Crippen LogP contribution in [0.4, 0.5) is 5.69 Å². The van der Waals surface area contributed by atoms with Crippen molar-refractivity contribution < 1.29 is 4.79 Å². The van der Waals surface area contributed by atoms with E-state index in [1.165, 1.54) is 0 Å². The average Bonchev–Trinajstić information content (AvgIpc) is 1.95. The summed E-state index contributed by atoms with van der Waals surface area (Å²) in [4.78, 5) is 14.2. The summed E-state index contributed by atoms with van der Waals surface area (Å²) in [5, 5.41) is 2.56. The molecule has 1 aromatic rings. The third-order valence-corrected chi connectivity index (χ3v) is 1.44. The summed E-state index contributed by atoms with van der Waals surface area (Å²) in [6.45, 7) is 3.77. The number of nitrogens with one attached hydrogen (secondary N) is 1. The number of nitrogens with zero attached hydrogens (tertiary/aromatic N) is 1. The fraction of sp³-hybridized carbons (Fsp3) is 0.250. The fourth-order valence-corrected chi connectivity index (χ4v) is 0.903. The van der Waals surface area contributed by atoms with Crippen LogP contribution in [-0.4, -0.2) is 11.4 Å². The number of carbonyl (C=O) groups is 1. The van der Waals surface area contributed by atoms with E-state index in [9.17, 15) is 4.79 Å². The minimum Gasteiger partial charge on any atom is -0.327 e. The van der Waals surface area contributed by atoms with E-state index in [1.807, 2.05) is 26.0 Å². The second-order valence-corrected chi connectivity index (χ2v) is 2.35. The number of anilines is 1. The van der Waals surface area contributed by atoms with Crippen molar-refractivity contribution in [2.45, 2.75) is 13.8 Å². The van der Waals surface area contributed by atoms with Gasteiger partial charge in [0.15, 0.2) is 0 Å². The summed E-state index contributed by atoms with van der Waals surface area (Å²) < 4.78 is 0. The first-order valence-corrected chi connectivity index (χ1v) is 3.38. The van der Waals surface area contributed by atoms with Crippen LogP contribution < -0.4 is 5.32 Å². The summed E-state index contributed by atoms with van der Waals surface area (Å²) in [6.07, 6.45) is 0.652. The highest BCUT2D eigenvalue weighted by Gasteiger charge is 1.96. The number of aromatic nitrogens is 1. The van der Waals surface area contributed by atoms with E-state index in [-0.39, 0.29) is 0 Å². The molecule has 1 aromatic heterocycles. The molecular formula is C8H10N2O. The zero-order chi connectivity index (χ0) is 8.27. The van der Waals surface area contributed by atoms with Crippen molar-refractivity contribution in [2.75, 3.05) is 5.32 Å². The Kier molecular flexibility index (Phi) is 2.21. The van der Waals surface area contributed by atoms with Crippen LogP contribution in [0, 0.1) is 13.8 Å². The van der Waals surface area contributed by atoms with E-state index in [0.717, 1.165) is 17.1 Å². The lowest BCUT2D eigenvalue weighted by Gasteiger charge is -2.02. The molecule has 1 heterocycles. The van der Waals surface area contributed by atoms with Gasteiger partial charge in [-0.1, -0.05) is 0 Å². The zero-order valence-corrected chi connectivity index (χ0v) is 6.59. The van der Waals surface area contributed by atoms with Crippen molar-refractivity contribution in [3.8, 4) is 0 Å². The minimum atomic E-state index is 0.652. The quantitative estimate of drug-likeness (QED) is 0.645. The maximum absolute atomic E-state index is 10.1. The monoisotopic (exact) mass is 150 g/mol. The molecular weight excluding hydrogens is 140 g/mol. The molecule has 0 spiro atoms. The van der Waals surface area contributed by atoms with Gasteiger partial charge in [-0.05, 0) is 26.0 Å². The molecule has 1 N–H and O–H groups in total. The topological polar surface area (TPSA) is 42.0 Å². The first-order chi connectivity index (χ1) is 5.24. The molecule has 1 rings (SSSR count). The van der Waals surface area contributed by atoms with Gasteiger partial charge in [-0.2, -0.15) is 0 Å². The number of aryl methyl sites for hydroxylation is 2. The van der Waals surface area contributed by atoms with Gasteiger partial charge >= 0.3 is 0 Å². The van der Waals surface area contributed by atoms with E-state index < -0.39 is 0 Å². The molecule has 0 radical (unpaired) electrons. The zero-order valence-electron chi connectivity index (χ0n) is 6.59. The second-order valence-electron chi connectivity index (χ2n) is 2.35. The normalized spacial score (nSPS) is 9.27. The average molecular weight is 150 g/mol. The number of amides is 1. The Hall–Kier alpha value is -1.38. The summed E-state index contributed by atoms with van der Waals surface area (Å²) in [7, 11) is 0. The molecule has 0 saturated carbocycles. The molecule has 0 aliphatic heterocycles. The third kappa shape index (κ3) is 1.77. The Morgan fingerprint density at radius 2 is 2.18 bits per heavy atom. The van der Waals surface area contributed by atoms with E-state index in [2.05, 4.69) is 10.3 Å². The molecule has 0 saturated heterocycles. The predicted molar refractivity (Wildman–Crippen MR) is 43.4 cm³/mol. The molecule has 11 heavy (non-hydrogen) atoms. The summed E-state index contributed by atoms with van der Waals surface area (Å²) in [6, 6.07) is 3.70. The van der Waals surface area contributed by atoms with Crippen LogP contribution in [0.2, 0.25) is 0 Å². The summed E-state index contributed by atoms with van der Waals surface area (Å²) >= 11 is 0. The Morgan fingerprint density at radius 3 is 2.73 bits per heavy atom. The minimum absolute atomic E-state index is 0.652. The van der Waals surface area contributed by atoms with Gasteiger partial charge in [0.05, 0.1) is 11.4 Å². The Labute approximate surface area is 65.5 Å². The lowest BCUT2D eigenvalue weighted by molar-refractivity contribution is -0.105. The highest BCUT2D eigenvalue weighted by molar-refractivity contribution is 5.72. The van der Waals surface area contributed by atoms with Gasteiger partial charge in [-0.3, -0.25) is 9.78 Å². The Bertz CT molecular complexity index is 271. The highest BCUT2D eigenvalue weighted by atomic mass is 16.1. The van der Waals surface area contributed by atoms with Crippen molar-refractivity contribution >= 4 is 12.1 Å². The van der Waals surface area contributed by atoms with Crippen LogP contribution in [0.1, 0.15) is 11.4 Å². The van der Waals surface area contributed by atoms with E-state index in [4.69, 9.17) is 0 Å². The van der Waals surface area contributed by atoms with Gasteiger partial charge in [0.2, 0.25) is 6.41 Å². The molecule has 3 nitrogen and oxygen atoms in total. The summed E-state index contributed by atoms with van der Waals surface area (Å²) in [5.41, 5.74) is 2.57. The van der Waals surface area contributed by atoms with Gasteiger partial charge in [0.1, 0.15) is 0 Å². The van der Waals surface area contributed by atoms with Gasteiger partial charge in [-0.25, -0.2) is 0 Å². The number of hydrogen-bond donors (Lipinski definition) is 1. The van der Waals surface area contributed by atoms with E-state index in [1.54, 1.807) is 0 Å². The largest absolute Gasteiger partial charge is 0.327 e. The van der Waals surface area contributed by atoms with Crippen molar-refractivity contribution in [1.82, 2.24) is 4.98 Å². The van der Waals surface area contributed by atoms with Crippen molar-refractivity contribution in [3.63, 3.8) is 0 Å². The van der Waals surface area contributed by atoms with Crippen LogP contribution >= 0.6 is 0 Å².